The van der Waals surface area contributed by atoms with Gasteiger partial charge < -0.3 is 25.2 Å². The normalized spacial score (nSPS) is 10.6. The first kappa shape index (κ1) is 19.0. The van der Waals surface area contributed by atoms with E-state index in [-0.39, 0.29) is 17.0 Å². The van der Waals surface area contributed by atoms with E-state index in [0.717, 1.165) is 0 Å². The molecule has 0 heterocycles. The number of phenolic OH excluding ortho intramolecular Hbond substituents is 1. The molecule has 0 bridgehead atoms. The molecule has 0 saturated carbocycles. The molecule has 1 amide bonds. The van der Waals surface area contributed by atoms with Crippen LogP contribution in [-0.2, 0) is 4.79 Å². The first-order valence-electron chi connectivity index (χ1n) is 7.37. The molecular formula is C18H16ClN3O4. The fourth-order valence-corrected chi connectivity index (χ4v) is 2.27. The molecule has 26 heavy (non-hydrogen) atoms. The Balaban J connectivity index is 2.23. The van der Waals surface area contributed by atoms with Crippen molar-refractivity contribution in [3.63, 3.8) is 0 Å². The number of halogens is 1. The average molecular weight is 374 g/mol. The summed E-state index contributed by atoms with van der Waals surface area (Å²) in [6.45, 7) is 0. The molecule has 0 saturated heterocycles. The molecule has 0 spiro atoms. The SMILES string of the molecule is COc1cc(N/C=C(/C#N)C(=O)Nc2ccccc2O)c(OC)cc1Cl. The summed E-state index contributed by atoms with van der Waals surface area (Å²) in [6, 6.07) is 11.1. The van der Waals surface area contributed by atoms with Gasteiger partial charge in [0.2, 0.25) is 0 Å². The number of carbonyl (C=O) groups is 1. The number of aromatic hydroxyl groups is 1. The Morgan fingerprint density at radius 1 is 1.19 bits per heavy atom. The van der Waals surface area contributed by atoms with Gasteiger partial charge in [0.25, 0.3) is 5.91 Å². The number of nitrogens with one attached hydrogen (secondary N) is 2. The molecule has 2 aromatic carbocycles. The lowest BCUT2D eigenvalue weighted by Gasteiger charge is -2.12. The lowest BCUT2D eigenvalue weighted by atomic mass is 10.2. The number of carbonyl (C=O) groups excluding carboxylic acids is 1. The molecular weight excluding hydrogens is 358 g/mol. The lowest BCUT2D eigenvalue weighted by molar-refractivity contribution is -0.112. The summed E-state index contributed by atoms with van der Waals surface area (Å²) < 4.78 is 10.4. The minimum atomic E-state index is -0.679. The van der Waals surface area contributed by atoms with Crippen LogP contribution in [0, 0.1) is 11.3 Å². The van der Waals surface area contributed by atoms with Crippen molar-refractivity contribution in [3.05, 3.63) is 53.2 Å². The van der Waals surface area contributed by atoms with Crippen LogP contribution in [0.15, 0.2) is 48.2 Å². The van der Waals surface area contributed by atoms with Gasteiger partial charge in [0.15, 0.2) is 0 Å². The summed E-state index contributed by atoms with van der Waals surface area (Å²) in [6.07, 6.45) is 1.22. The molecule has 0 radical (unpaired) electrons. The van der Waals surface area contributed by atoms with Gasteiger partial charge in [-0.05, 0) is 12.1 Å². The second-order valence-corrected chi connectivity index (χ2v) is 5.38. The average Bonchev–Trinajstić information content (AvgIpc) is 2.64. The highest BCUT2D eigenvalue weighted by atomic mass is 35.5. The standard InChI is InChI=1S/C18H16ClN3O4/c1-25-16-8-14(17(26-2)7-12(16)19)21-10-11(9-20)18(24)22-13-5-3-4-6-15(13)23/h3-8,10,21,23H,1-2H3,(H,22,24)/b11-10-. The van der Waals surface area contributed by atoms with Crippen LogP contribution in [0.25, 0.3) is 0 Å². The second-order valence-electron chi connectivity index (χ2n) is 4.97. The van der Waals surface area contributed by atoms with E-state index in [2.05, 4.69) is 10.6 Å². The van der Waals surface area contributed by atoms with E-state index in [9.17, 15) is 15.2 Å². The highest BCUT2D eigenvalue weighted by molar-refractivity contribution is 6.32. The number of hydrogen-bond acceptors (Lipinski definition) is 6. The quantitative estimate of drug-likeness (QED) is 0.406. The van der Waals surface area contributed by atoms with Crippen molar-refractivity contribution >= 4 is 28.9 Å². The Kier molecular flexibility index (Phi) is 6.31. The number of amides is 1. The van der Waals surface area contributed by atoms with Crippen LogP contribution in [0.1, 0.15) is 0 Å². The van der Waals surface area contributed by atoms with Crippen LogP contribution in [0.4, 0.5) is 11.4 Å². The van der Waals surface area contributed by atoms with Crippen molar-refractivity contribution in [2.24, 2.45) is 0 Å². The van der Waals surface area contributed by atoms with Gasteiger partial charge in [-0.2, -0.15) is 5.26 Å². The van der Waals surface area contributed by atoms with Crippen LogP contribution < -0.4 is 20.1 Å². The highest BCUT2D eigenvalue weighted by Gasteiger charge is 2.13. The summed E-state index contributed by atoms with van der Waals surface area (Å²) in [5, 5.41) is 24.6. The van der Waals surface area contributed by atoms with Gasteiger partial charge in [0, 0.05) is 18.3 Å². The lowest BCUT2D eigenvalue weighted by Crippen LogP contribution is -2.14. The zero-order valence-electron chi connectivity index (χ0n) is 14.0. The van der Waals surface area contributed by atoms with Gasteiger partial charge in [-0.25, -0.2) is 0 Å². The van der Waals surface area contributed by atoms with Crippen molar-refractivity contribution in [1.29, 1.82) is 5.26 Å². The van der Waals surface area contributed by atoms with Crippen molar-refractivity contribution in [2.75, 3.05) is 24.9 Å². The van der Waals surface area contributed by atoms with Crippen molar-refractivity contribution < 1.29 is 19.4 Å². The van der Waals surface area contributed by atoms with Crippen molar-refractivity contribution in [1.82, 2.24) is 0 Å². The number of phenols is 1. The molecule has 2 aromatic rings. The van der Waals surface area contributed by atoms with Gasteiger partial charge in [-0.1, -0.05) is 23.7 Å². The third-order valence-electron chi connectivity index (χ3n) is 3.36. The van der Waals surface area contributed by atoms with Gasteiger partial charge in [0.1, 0.15) is 28.9 Å². The molecule has 8 heteroatoms. The summed E-state index contributed by atoms with van der Waals surface area (Å²) in [5.41, 5.74) is 0.450. The van der Waals surface area contributed by atoms with E-state index < -0.39 is 5.91 Å². The topological polar surface area (TPSA) is 104 Å². The van der Waals surface area contributed by atoms with Crippen LogP contribution >= 0.6 is 11.6 Å². The van der Waals surface area contributed by atoms with Gasteiger partial charge >= 0.3 is 0 Å². The molecule has 0 aliphatic heterocycles. The van der Waals surface area contributed by atoms with Crippen molar-refractivity contribution in [2.45, 2.75) is 0 Å². The number of nitriles is 1. The van der Waals surface area contributed by atoms with Crippen LogP contribution in [0.3, 0.4) is 0 Å². The van der Waals surface area contributed by atoms with Gasteiger partial charge in [-0.3, -0.25) is 4.79 Å². The van der Waals surface area contributed by atoms with Crippen LogP contribution in [-0.4, -0.2) is 25.2 Å². The maximum Gasteiger partial charge on any atom is 0.267 e. The number of anilines is 2. The number of nitrogens with zero attached hydrogens (tertiary/aromatic N) is 1. The number of para-hydroxylation sites is 2. The highest BCUT2D eigenvalue weighted by Crippen LogP contribution is 2.36. The molecule has 3 N–H and O–H groups in total. The maximum absolute atomic E-state index is 12.2. The summed E-state index contributed by atoms with van der Waals surface area (Å²) >= 11 is 6.04. The fourth-order valence-electron chi connectivity index (χ4n) is 2.04. The molecule has 0 fully saturated rings. The first-order chi connectivity index (χ1) is 12.5. The summed E-state index contributed by atoms with van der Waals surface area (Å²) in [5.74, 6) is 0.0302. The molecule has 134 valence electrons. The van der Waals surface area contributed by atoms with E-state index >= 15 is 0 Å². The van der Waals surface area contributed by atoms with E-state index in [0.29, 0.717) is 22.2 Å². The van der Waals surface area contributed by atoms with Crippen LogP contribution in [0.5, 0.6) is 17.2 Å². The minimum Gasteiger partial charge on any atom is -0.506 e. The van der Waals surface area contributed by atoms with E-state index in [1.54, 1.807) is 30.3 Å². The third-order valence-corrected chi connectivity index (χ3v) is 3.66. The Hall–Kier alpha value is -3.37. The number of hydrogen-bond donors (Lipinski definition) is 3. The fraction of sp³-hybridized carbons (Fsp3) is 0.111. The molecule has 0 unspecified atom stereocenters. The molecule has 0 aliphatic carbocycles. The van der Waals surface area contributed by atoms with Gasteiger partial charge in [-0.15, -0.1) is 0 Å². The number of ether oxygens (including phenoxy) is 2. The summed E-state index contributed by atoms with van der Waals surface area (Å²) in [4.78, 5) is 12.2. The maximum atomic E-state index is 12.2. The first-order valence-corrected chi connectivity index (χ1v) is 7.75. The molecule has 0 aromatic heterocycles. The van der Waals surface area contributed by atoms with Crippen molar-refractivity contribution in [3.8, 4) is 23.3 Å². The van der Waals surface area contributed by atoms with E-state index in [4.69, 9.17) is 21.1 Å². The predicted molar refractivity (Wildman–Crippen MR) is 98.6 cm³/mol. The number of methoxy groups -OCH3 is 2. The monoisotopic (exact) mass is 373 g/mol. The van der Waals surface area contributed by atoms with E-state index in [1.807, 2.05) is 0 Å². The zero-order valence-corrected chi connectivity index (χ0v) is 14.8. The summed E-state index contributed by atoms with van der Waals surface area (Å²) in [7, 11) is 2.93. The van der Waals surface area contributed by atoms with Gasteiger partial charge in [0.05, 0.1) is 30.6 Å². The largest absolute Gasteiger partial charge is 0.506 e. The minimum absolute atomic E-state index is 0.102. The van der Waals surface area contributed by atoms with Crippen LogP contribution in [0.2, 0.25) is 5.02 Å². The Labute approximate surface area is 155 Å². The number of benzene rings is 2. The Morgan fingerprint density at radius 2 is 1.88 bits per heavy atom. The Morgan fingerprint density at radius 3 is 2.50 bits per heavy atom. The molecule has 0 atom stereocenters. The molecule has 7 nitrogen and oxygen atoms in total. The third kappa shape index (κ3) is 4.37. The number of rotatable bonds is 6. The predicted octanol–water partition coefficient (Wildman–Crippen LogP) is 3.52. The molecule has 2 rings (SSSR count). The zero-order chi connectivity index (χ0) is 19.1. The Bertz CT molecular complexity index is 890. The van der Waals surface area contributed by atoms with E-state index in [1.165, 1.54) is 32.6 Å². The smallest absolute Gasteiger partial charge is 0.267 e. The molecule has 0 aliphatic rings. The second kappa shape index (κ2) is 8.65.